The summed E-state index contributed by atoms with van der Waals surface area (Å²) in [4.78, 5) is 38.4. The number of nitrogens with zero attached hydrogens (tertiary/aromatic N) is 4. The molecule has 2 aromatic rings. The minimum absolute atomic E-state index is 0. The molecule has 6 atom stereocenters. The Morgan fingerprint density at radius 2 is 1.19 bits per heavy atom. The summed E-state index contributed by atoms with van der Waals surface area (Å²) in [5.41, 5.74) is 2.33. The standard InChI is InChI=1S/C19H20BrF3N2O2S.C18H19BrF3N3O2.HI.H3N/c1-25-15(26)18(24-16(25)28-2)10-17(7-3-4-11(9-17)19(21,22)23)27-14-6-5-12(20)8-13(14)18;1-25-14(26)17(24-15(25)23)9-16(6-2-3-10(8-16)18(20,21)22)27-13-5-4-11(19)7-12(13)17;;/h5-6,8,11H,3-4,7,9-10H2,1-2H3;4-5,7,10H,2-3,6,8-9H2,1H3,(H2,23,24);1H;1H3. The molecular weight excluding hydrogens is 1030 g/mol. The van der Waals surface area contributed by atoms with Gasteiger partial charge in [0.1, 0.15) is 22.7 Å². The maximum atomic E-state index is 13.5. The molecule has 2 fully saturated rings. The van der Waals surface area contributed by atoms with Gasteiger partial charge in [0.05, 0.1) is 11.8 Å². The van der Waals surface area contributed by atoms with E-state index in [1.165, 1.54) is 28.6 Å². The van der Waals surface area contributed by atoms with E-state index in [9.17, 15) is 35.9 Å². The molecule has 0 radical (unpaired) electrons. The molecule has 2 aromatic carbocycles. The summed E-state index contributed by atoms with van der Waals surface area (Å²) in [5, 5.41) is 0.566. The van der Waals surface area contributed by atoms with E-state index in [0.29, 0.717) is 53.5 Å². The lowest BCUT2D eigenvalue weighted by atomic mass is 9.68. The minimum Gasteiger partial charge on any atom is -0.487 e. The smallest absolute Gasteiger partial charge is 0.391 e. The average molecular weight is 1070 g/mol. The highest BCUT2D eigenvalue weighted by molar-refractivity contribution is 14.0. The number of benzene rings is 2. The van der Waals surface area contributed by atoms with Crippen LogP contribution in [0.25, 0.3) is 0 Å². The van der Waals surface area contributed by atoms with E-state index in [1.807, 2.05) is 6.26 Å². The fourth-order valence-corrected chi connectivity index (χ4v) is 10.6. The van der Waals surface area contributed by atoms with Crippen LogP contribution in [0.15, 0.2) is 55.3 Å². The van der Waals surface area contributed by atoms with Crippen LogP contribution >= 0.6 is 67.6 Å². The van der Waals surface area contributed by atoms with Crippen molar-refractivity contribution in [3.8, 4) is 11.5 Å². The number of alkyl halides is 6. The second-order valence-electron chi connectivity index (χ2n) is 15.4. The SMILES string of the molecule is CN1C(=O)C2(CC3(CCCC(C(F)(F)F)C3)Oc3ccc(Br)cc32)N=C1N.CSC1=NC2(CC3(CCCC(C(F)(F)F)C3)Oc3ccc(Br)cc32)C(=O)N1C.I.N. The zero-order valence-corrected chi connectivity index (χ0v) is 37.6. The lowest BCUT2D eigenvalue weighted by Gasteiger charge is -2.48. The van der Waals surface area contributed by atoms with Crippen molar-refractivity contribution >= 4 is 90.5 Å². The molecular formula is C37H43Br2F6IN6O4S. The Balaban J connectivity index is 0.000000210. The van der Waals surface area contributed by atoms with Gasteiger partial charge in [-0.25, -0.2) is 9.98 Å². The second kappa shape index (κ2) is 15.9. The largest absolute Gasteiger partial charge is 0.487 e. The highest BCUT2D eigenvalue weighted by Crippen LogP contribution is 2.57. The van der Waals surface area contributed by atoms with Crippen molar-refractivity contribution in [2.45, 2.75) is 98.8 Å². The van der Waals surface area contributed by atoms with Crippen molar-refractivity contribution in [1.82, 2.24) is 16.0 Å². The third-order valence-electron chi connectivity index (χ3n) is 11.8. The molecule has 6 unspecified atom stereocenters. The number of hydrogen-bond donors (Lipinski definition) is 2. The van der Waals surface area contributed by atoms with Gasteiger partial charge in [0.25, 0.3) is 11.8 Å². The maximum Gasteiger partial charge on any atom is 0.391 e. The quantitative estimate of drug-likeness (QED) is 0.198. The number of halogens is 9. The normalized spacial score (nSPS) is 31.7. The summed E-state index contributed by atoms with van der Waals surface area (Å²) in [6.45, 7) is 0. The van der Waals surface area contributed by atoms with Crippen LogP contribution in [0.1, 0.15) is 75.3 Å². The molecule has 10 nitrogen and oxygen atoms in total. The van der Waals surface area contributed by atoms with Crippen LogP contribution in [-0.4, -0.2) is 76.6 Å². The number of carbonyl (C=O) groups excluding carboxylic acids is 2. The van der Waals surface area contributed by atoms with E-state index in [4.69, 9.17) is 20.2 Å². The molecule has 2 saturated carbocycles. The molecule has 2 aliphatic carbocycles. The van der Waals surface area contributed by atoms with Crippen molar-refractivity contribution < 1.29 is 45.4 Å². The lowest BCUT2D eigenvalue weighted by Crippen LogP contribution is -2.54. The molecule has 0 aromatic heterocycles. The number of thioether (sulfide) groups is 1. The van der Waals surface area contributed by atoms with Gasteiger partial charge in [-0.05, 0) is 94.0 Å². The Morgan fingerprint density at radius 3 is 1.56 bits per heavy atom. The van der Waals surface area contributed by atoms with Crippen molar-refractivity contribution in [2.24, 2.45) is 27.6 Å². The van der Waals surface area contributed by atoms with Crippen LogP contribution in [0.2, 0.25) is 0 Å². The lowest BCUT2D eigenvalue weighted by molar-refractivity contribution is -0.201. The number of likely N-dealkylation sites (N-methyl/N-ethyl adjacent to an activating group) is 2. The first-order valence-electron chi connectivity index (χ1n) is 17.8. The van der Waals surface area contributed by atoms with Gasteiger partial charge >= 0.3 is 12.4 Å². The zero-order chi connectivity index (χ0) is 39.9. The van der Waals surface area contributed by atoms with Gasteiger partial charge < -0.3 is 21.4 Å². The predicted molar refractivity (Wildman–Crippen MR) is 222 cm³/mol. The van der Waals surface area contributed by atoms with Gasteiger partial charge in [0, 0.05) is 47.0 Å². The molecule has 314 valence electrons. The topological polar surface area (TPSA) is 145 Å². The average Bonchev–Trinajstić information content (AvgIpc) is 3.48. The summed E-state index contributed by atoms with van der Waals surface area (Å²) >= 11 is 8.17. The zero-order valence-electron chi connectivity index (χ0n) is 31.2. The first kappa shape index (κ1) is 45.8. The summed E-state index contributed by atoms with van der Waals surface area (Å²) < 4.78 is 94.5. The third kappa shape index (κ3) is 8.03. The summed E-state index contributed by atoms with van der Waals surface area (Å²) in [5.74, 6) is -2.52. The van der Waals surface area contributed by atoms with Crippen LogP contribution < -0.4 is 21.4 Å². The Labute approximate surface area is 364 Å². The first-order chi connectivity index (χ1) is 25.7. The number of rotatable bonds is 0. The van der Waals surface area contributed by atoms with Crippen molar-refractivity contribution in [1.29, 1.82) is 0 Å². The summed E-state index contributed by atoms with van der Waals surface area (Å²) in [6.07, 6.45) is -4.96. The molecule has 4 spiro atoms. The number of guanidine groups is 1. The molecule has 6 aliphatic rings. The first-order valence-corrected chi connectivity index (χ1v) is 20.6. The van der Waals surface area contributed by atoms with Crippen LogP contribution in [0.4, 0.5) is 26.3 Å². The van der Waals surface area contributed by atoms with Gasteiger partial charge in [-0.1, -0.05) is 43.6 Å². The van der Waals surface area contributed by atoms with E-state index >= 15 is 0 Å². The monoisotopic (exact) mass is 1070 g/mol. The van der Waals surface area contributed by atoms with E-state index in [-0.39, 0.29) is 86.4 Å². The number of nitrogens with two attached hydrogens (primary N) is 1. The number of aliphatic imine (C=N–C) groups is 2. The van der Waals surface area contributed by atoms with Crippen molar-refractivity contribution in [3.05, 3.63) is 56.5 Å². The number of hydrogen-bond acceptors (Lipinski definition) is 9. The number of carbonyl (C=O) groups is 2. The summed E-state index contributed by atoms with van der Waals surface area (Å²) in [7, 11) is 3.18. The molecule has 2 amide bonds. The Kier molecular flexibility index (Phi) is 12.8. The van der Waals surface area contributed by atoms with Gasteiger partial charge in [-0.2, -0.15) is 26.3 Å². The molecule has 5 N–H and O–H groups in total. The number of amidine groups is 1. The van der Waals surface area contributed by atoms with Crippen LogP contribution in [0.3, 0.4) is 0 Å². The van der Waals surface area contributed by atoms with E-state index in [1.54, 1.807) is 43.4 Å². The Morgan fingerprint density at radius 1 is 0.772 bits per heavy atom. The van der Waals surface area contributed by atoms with E-state index < -0.39 is 46.5 Å². The van der Waals surface area contributed by atoms with Crippen molar-refractivity contribution in [2.75, 3.05) is 20.4 Å². The number of ether oxygens (including phenoxy) is 2. The fraction of sp³-hybridized carbons (Fsp3) is 0.568. The maximum absolute atomic E-state index is 13.5. The van der Waals surface area contributed by atoms with Gasteiger partial charge in [-0.15, -0.1) is 24.0 Å². The molecule has 4 heterocycles. The van der Waals surface area contributed by atoms with Gasteiger partial charge in [0.15, 0.2) is 22.2 Å². The molecule has 0 bridgehead atoms. The summed E-state index contributed by atoms with van der Waals surface area (Å²) in [6, 6.07) is 10.4. The highest BCUT2D eigenvalue weighted by Gasteiger charge is 2.62. The van der Waals surface area contributed by atoms with E-state index in [0.717, 1.165) is 8.95 Å². The molecule has 0 saturated heterocycles. The van der Waals surface area contributed by atoms with Crippen molar-refractivity contribution in [3.63, 3.8) is 0 Å². The second-order valence-corrected chi connectivity index (χ2v) is 18.0. The minimum atomic E-state index is -4.29. The fourth-order valence-electron chi connectivity index (χ4n) is 9.32. The Hall–Kier alpha value is -2.30. The predicted octanol–water partition coefficient (Wildman–Crippen LogP) is 9.59. The van der Waals surface area contributed by atoms with Crippen LogP contribution in [0.5, 0.6) is 11.5 Å². The molecule has 8 rings (SSSR count). The number of fused-ring (bicyclic) bond motifs is 4. The number of amides is 2. The van der Waals surface area contributed by atoms with Crippen LogP contribution in [0, 0.1) is 11.8 Å². The van der Waals surface area contributed by atoms with Gasteiger partial charge in [0.2, 0.25) is 0 Å². The highest BCUT2D eigenvalue weighted by atomic mass is 127. The third-order valence-corrected chi connectivity index (χ3v) is 13.6. The molecule has 4 aliphatic heterocycles. The molecule has 20 heteroatoms. The molecule has 57 heavy (non-hydrogen) atoms. The van der Waals surface area contributed by atoms with Gasteiger partial charge in [-0.3, -0.25) is 19.4 Å². The van der Waals surface area contributed by atoms with E-state index in [2.05, 4.69) is 36.9 Å². The Bertz CT molecular complexity index is 1990. The van der Waals surface area contributed by atoms with Crippen LogP contribution in [-0.2, 0) is 20.7 Å².